The molecule has 1 aromatic rings. The van der Waals surface area contributed by atoms with Crippen molar-refractivity contribution in [3.05, 3.63) is 11.3 Å². The van der Waals surface area contributed by atoms with Crippen LogP contribution in [0.3, 0.4) is 0 Å². The Morgan fingerprint density at radius 1 is 1.21 bits per heavy atom. The molecule has 4 heteroatoms. The average molecular weight is 196 g/mol. The quantitative estimate of drug-likeness (QED) is 0.760. The zero-order valence-corrected chi connectivity index (χ0v) is 9.68. The van der Waals surface area contributed by atoms with Crippen LogP contribution >= 0.6 is 0 Å². The van der Waals surface area contributed by atoms with Crippen LogP contribution in [0.5, 0.6) is 0 Å². The summed E-state index contributed by atoms with van der Waals surface area (Å²) in [5.74, 6) is 1.16. The van der Waals surface area contributed by atoms with Gasteiger partial charge in [-0.15, -0.1) is 0 Å². The monoisotopic (exact) mass is 196 g/mol. The highest BCUT2D eigenvalue weighted by Crippen LogP contribution is 2.14. The molecule has 0 aliphatic carbocycles. The van der Waals surface area contributed by atoms with Gasteiger partial charge in [0.05, 0.1) is 0 Å². The normalized spacial score (nSPS) is 8.93. The van der Waals surface area contributed by atoms with E-state index in [4.69, 9.17) is 5.73 Å². The van der Waals surface area contributed by atoms with E-state index in [0.717, 1.165) is 23.6 Å². The van der Waals surface area contributed by atoms with Crippen LogP contribution < -0.4 is 11.1 Å². The maximum Gasteiger partial charge on any atom is 0.222 e. The minimum Gasteiger partial charge on any atom is -0.370 e. The number of anilines is 2. The highest BCUT2D eigenvalue weighted by atomic mass is 15.1. The number of nitrogens with one attached hydrogen (secondary N) is 1. The van der Waals surface area contributed by atoms with Gasteiger partial charge >= 0.3 is 0 Å². The third kappa shape index (κ3) is 3.20. The molecule has 0 amide bonds. The van der Waals surface area contributed by atoms with Gasteiger partial charge in [-0.05, 0) is 20.8 Å². The molecule has 1 aromatic heterocycles. The summed E-state index contributed by atoms with van der Waals surface area (Å²) in [6.45, 7) is 10.8. The Balaban J connectivity index is 0.000000791. The van der Waals surface area contributed by atoms with E-state index >= 15 is 0 Å². The van der Waals surface area contributed by atoms with Gasteiger partial charge in [-0.2, -0.15) is 4.98 Å². The van der Waals surface area contributed by atoms with Gasteiger partial charge in [-0.25, -0.2) is 4.98 Å². The van der Waals surface area contributed by atoms with Crippen LogP contribution in [0.4, 0.5) is 11.8 Å². The van der Waals surface area contributed by atoms with Gasteiger partial charge in [0.15, 0.2) is 0 Å². The predicted molar refractivity (Wildman–Crippen MR) is 61.4 cm³/mol. The lowest BCUT2D eigenvalue weighted by molar-refractivity contribution is 1.05. The number of aromatic nitrogens is 2. The Hall–Kier alpha value is -1.32. The number of hydrogen-bond donors (Lipinski definition) is 2. The number of aryl methyl sites for hydroxylation is 1. The van der Waals surface area contributed by atoms with Gasteiger partial charge in [-0.1, -0.05) is 13.8 Å². The smallest absolute Gasteiger partial charge is 0.222 e. The third-order valence-electron chi connectivity index (χ3n) is 1.75. The van der Waals surface area contributed by atoms with Crippen molar-refractivity contribution in [3.63, 3.8) is 0 Å². The number of nitrogen functional groups attached to an aromatic ring is 1. The average Bonchev–Trinajstić information content (AvgIpc) is 2.17. The summed E-state index contributed by atoms with van der Waals surface area (Å²) >= 11 is 0. The summed E-state index contributed by atoms with van der Waals surface area (Å²) < 4.78 is 0. The summed E-state index contributed by atoms with van der Waals surface area (Å²) in [6, 6.07) is 0. The second-order valence-corrected chi connectivity index (χ2v) is 2.67. The molecule has 0 atom stereocenters. The van der Waals surface area contributed by atoms with Crippen molar-refractivity contribution in [2.75, 3.05) is 17.6 Å². The summed E-state index contributed by atoms with van der Waals surface area (Å²) in [7, 11) is 0. The second kappa shape index (κ2) is 6.18. The molecule has 1 rings (SSSR count). The third-order valence-corrected chi connectivity index (χ3v) is 1.75. The fraction of sp³-hybridized carbons (Fsp3) is 0.600. The van der Waals surface area contributed by atoms with Crippen LogP contribution in [0.15, 0.2) is 0 Å². The number of nitrogens with zero attached hydrogens (tertiary/aromatic N) is 2. The number of rotatable bonds is 2. The first-order valence-corrected chi connectivity index (χ1v) is 4.99. The second-order valence-electron chi connectivity index (χ2n) is 2.67. The predicted octanol–water partition coefficient (Wildman–Crippen LogP) is 2.13. The molecule has 3 N–H and O–H groups in total. The molecule has 0 aliphatic heterocycles. The molecule has 0 saturated carbocycles. The van der Waals surface area contributed by atoms with Crippen LogP contribution in [0, 0.1) is 13.8 Å². The summed E-state index contributed by atoms with van der Waals surface area (Å²) in [6.07, 6.45) is 0. The van der Waals surface area contributed by atoms with Crippen molar-refractivity contribution in [3.8, 4) is 0 Å². The molecule has 0 unspecified atom stereocenters. The standard InChI is InChI=1S/C8H14N4.C2H6/c1-4-10-7-5(2)6(3)11-8(9)12-7;1-2/h4H2,1-3H3,(H3,9,10,11,12);1-2H3. The molecule has 0 aromatic carbocycles. The molecule has 0 spiro atoms. The highest BCUT2D eigenvalue weighted by molar-refractivity contribution is 5.48. The van der Waals surface area contributed by atoms with Crippen LogP contribution in [0.2, 0.25) is 0 Å². The van der Waals surface area contributed by atoms with Crippen molar-refractivity contribution in [2.24, 2.45) is 0 Å². The molecular weight excluding hydrogens is 176 g/mol. The molecule has 0 radical (unpaired) electrons. The number of nitrogens with two attached hydrogens (primary N) is 1. The van der Waals surface area contributed by atoms with Gasteiger partial charge in [-0.3, -0.25) is 0 Å². The van der Waals surface area contributed by atoms with Gasteiger partial charge in [0.2, 0.25) is 5.95 Å². The van der Waals surface area contributed by atoms with Crippen LogP contribution in [0.25, 0.3) is 0 Å². The SMILES string of the molecule is CC.CCNc1nc(N)nc(C)c1C. The Morgan fingerprint density at radius 2 is 1.79 bits per heavy atom. The van der Waals surface area contributed by atoms with Gasteiger partial charge in [0, 0.05) is 17.8 Å². The van der Waals surface area contributed by atoms with Crippen LogP contribution in [-0.4, -0.2) is 16.5 Å². The summed E-state index contributed by atoms with van der Waals surface area (Å²) in [5, 5.41) is 3.13. The lowest BCUT2D eigenvalue weighted by Crippen LogP contribution is -2.07. The Kier molecular flexibility index (Phi) is 5.60. The van der Waals surface area contributed by atoms with E-state index in [2.05, 4.69) is 15.3 Å². The van der Waals surface area contributed by atoms with E-state index in [1.165, 1.54) is 0 Å². The first-order chi connectivity index (χ1) is 6.65. The maximum absolute atomic E-state index is 5.50. The molecule has 14 heavy (non-hydrogen) atoms. The maximum atomic E-state index is 5.50. The first kappa shape index (κ1) is 12.7. The molecule has 1 heterocycles. The van der Waals surface area contributed by atoms with Gasteiger partial charge < -0.3 is 11.1 Å². The topological polar surface area (TPSA) is 63.8 Å². The van der Waals surface area contributed by atoms with Crippen molar-refractivity contribution in [2.45, 2.75) is 34.6 Å². The summed E-state index contributed by atoms with van der Waals surface area (Å²) in [5.41, 5.74) is 7.49. The van der Waals surface area contributed by atoms with Gasteiger partial charge in [0.25, 0.3) is 0 Å². The summed E-state index contributed by atoms with van der Waals surface area (Å²) in [4.78, 5) is 8.12. The van der Waals surface area contributed by atoms with E-state index in [9.17, 15) is 0 Å². The van der Waals surface area contributed by atoms with Crippen molar-refractivity contribution >= 4 is 11.8 Å². The van der Waals surface area contributed by atoms with Crippen molar-refractivity contribution in [1.29, 1.82) is 0 Å². The Labute approximate surface area is 86.0 Å². The van der Waals surface area contributed by atoms with Crippen molar-refractivity contribution < 1.29 is 0 Å². The highest BCUT2D eigenvalue weighted by Gasteiger charge is 2.03. The minimum absolute atomic E-state index is 0.328. The Bertz CT molecular complexity index is 284. The fourth-order valence-electron chi connectivity index (χ4n) is 0.990. The lowest BCUT2D eigenvalue weighted by Gasteiger charge is -2.08. The largest absolute Gasteiger partial charge is 0.370 e. The molecule has 0 saturated heterocycles. The lowest BCUT2D eigenvalue weighted by atomic mass is 10.2. The molecular formula is C10H20N4. The first-order valence-electron chi connectivity index (χ1n) is 4.99. The number of hydrogen-bond acceptors (Lipinski definition) is 4. The van der Waals surface area contributed by atoms with E-state index in [-0.39, 0.29) is 0 Å². The minimum atomic E-state index is 0.328. The van der Waals surface area contributed by atoms with Crippen molar-refractivity contribution in [1.82, 2.24) is 9.97 Å². The van der Waals surface area contributed by atoms with Crippen LogP contribution in [0.1, 0.15) is 32.0 Å². The van der Waals surface area contributed by atoms with Gasteiger partial charge in [0.1, 0.15) is 5.82 Å². The van der Waals surface area contributed by atoms with Crippen LogP contribution in [-0.2, 0) is 0 Å². The molecule has 80 valence electrons. The van der Waals surface area contributed by atoms with E-state index in [0.29, 0.717) is 5.95 Å². The Morgan fingerprint density at radius 3 is 2.29 bits per heavy atom. The molecule has 0 bridgehead atoms. The zero-order valence-electron chi connectivity index (χ0n) is 9.68. The molecule has 0 aliphatic rings. The molecule has 0 fully saturated rings. The molecule has 4 nitrogen and oxygen atoms in total. The fourth-order valence-corrected chi connectivity index (χ4v) is 0.990. The van der Waals surface area contributed by atoms with E-state index in [1.54, 1.807) is 0 Å². The van der Waals surface area contributed by atoms with E-state index < -0.39 is 0 Å². The zero-order chi connectivity index (χ0) is 11.1. The van der Waals surface area contributed by atoms with E-state index in [1.807, 2.05) is 34.6 Å².